The fourth-order valence-electron chi connectivity index (χ4n) is 10.9. The molecule has 0 radical (unpaired) electrons. The zero-order valence-corrected chi connectivity index (χ0v) is 35.3. The molecule has 8 aliphatic rings. The molecule has 61 heavy (non-hydrogen) atoms. The van der Waals surface area contributed by atoms with Gasteiger partial charge >= 0.3 is 23.9 Å². The standard InChI is InChI=1S/C24H28N2O5.C23H26N2O5/c1-15-12-24(23(29)26(15)18-11-21(27)30-13-18)6-9-25(10-7-24)8-5-17-3-4-19-20(16(17)2)14-31-22(19)28;1-15-16(2-3-18-19(15)14-30-21(18)27)4-8-24-9-5-23(6-10-24)7-11-25(22(23)28)17-12-20(26)29-13-17/h3-4,11,15H,5-10,12-14H2,1-2H3;2-3,12H,4-11,13-14H2,1H3/t15-;/m0./s1. The van der Waals surface area contributed by atoms with Crippen LogP contribution in [-0.2, 0) is 64.2 Å². The third kappa shape index (κ3) is 7.55. The van der Waals surface area contributed by atoms with Crippen LogP contribution in [0.25, 0.3) is 0 Å². The van der Waals surface area contributed by atoms with Gasteiger partial charge < -0.3 is 38.5 Å². The molecule has 14 heteroatoms. The highest BCUT2D eigenvalue weighted by atomic mass is 16.5. The molecule has 2 aromatic rings. The van der Waals surface area contributed by atoms with Gasteiger partial charge in [-0.2, -0.15) is 0 Å². The van der Waals surface area contributed by atoms with Crippen molar-refractivity contribution >= 4 is 35.7 Å². The number of esters is 4. The Morgan fingerprint density at radius 3 is 1.54 bits per heavy atom. The molecule has 14 nitrogen and oxygen atoms in total. The molecule has 0 aliphatic carbocycles. The number of ether oxygens (including phenoxy) is 4. The minimum Gasteiger partial charge on any atom is -0.457 e. The lowest BCUT2D eigenvalue weighted by Crippen LogP contribution is -2.45. The van der Waals surface area contributed by atoms with Gasteiger partial charge in [-0.05, 0) is 133 Å². The summed E-state index contributed by atoms with van der Waals surface area (Å²) in [5, 5.41) is 0. The maximum absolute atomic E-state index is 13.3. The van der Waals surface area contributed by atoms with Gasteiger partial charge in [-0.25, -0.2) is 19.2 Å². The van der Waals surface area contributed by atoms with Gasteiger partial charge in [0.25, 0.3) is 0 Å². The lowest BCUT2D eigenvalue weighted by Gasteiger charge is -2.38. The van der Waals surface area contributed by atoms with Crippen molar-refractivity contribution < 1.29 is 47.7 Å². The molecule has 8 aliphatic heterocycles. The zero-order chi connectivity index (χ0) is 42.6. The average Bonchev–Trinajstić information content (AvgIpc) is 4.12. The minimum absolute atomic E-state index is 0.0961. The molecule has 2 aromatic carbocycles. The number of rotatable bonds is 8. The molecule has 0 unspecified atom stereocenters. The van der Waals surface area contributed by atoms with Gasteiger partial charge in [-0.1, -0.05) is 12.1 Å². The molecule has 0 aromatic heterocycles. The van der Waals surface area contributed by atoms with Crippen molar-refractivity contribution in [3.8, 4) is 0 Å². The van der Waals surface area contributed by atoms with Crippen LogP contribution in [0.15, 0.2) is 47.8 Å². The van der Waals surface area contributed by atoms with Crippen LogP contribution >= 0.6 is 0 Å². The van der Waals surface area contributed by atoms with Gasteiger partial charge in [0.2, 0.25) is 11.8 Å². The van der Waals surface area contributed by atoms with E-state index >= 15 is 0 Å². The molecule has 4 saturated heterocycles. The second-order valence-electron chi connectivity index (χ2n) is 18.1. The van der Waals surface area contributed by atoms with E-state index in [1.807, 2.05) is 24.3 Å². The summed E-state index contributed by atoms with van der Waals surface area (Å²) in [5.41, 5.74) is 9.09. The number of nitrogens with zero attached hydrogens (tertiary/aromatic N) is 4. The van der Waals surface area contributed by atoms with Gasteiger partial charge in [0.1, 0.15) is 26.4 Å². The summed E-state index contributed by atoms with van der Waals surface area (Å²) in [6.07, 6.45) is 9.85. The molecule has 2 amide bonds. The minimum atomic E-state index is -0.358. The number of amides is 2. The number of cyclic esters (lactones) is 4. The summed E-state index contributed by atoms with van der Waals surface area (Å²) in [4.78, 5) is 81.1. The summed E-state index contributed by atoms with van der Waals surface area (Å²) in [6, 6.07) is 7.96. The van der Waals surface area contributed by atoms with Crippen molar-refractivity contribution in [3.05, 3.63) is 92.3 Å². The Kier molecular flexibility index (Phi) is 10.9. The summed E-state index contributed by atoms with van der Waals surface area (Å²) >= 11 is 0. The lowest BCUT2D eigenvalue weighted by atomic mass is 9.76. The number of fused-ring (bicyclic) bond motifs is 2. The van der Waals surface area contributed by atoms with Crippen molar-refractivity contribution in [2.24, 2.45) is 10.8 Å². The van der Waals surface area contributed by atoms with Gasteiger partial charge in [-0.15, -0.1) is 0 Å². The number of likely N-dealkylation sites (tertiary alicyclic amines) is 4. The molecule has 0 saturated carbocycles. The first-order valence-corrected chi connectivity index (χ1v) is 21.8. The Bertz CT molecular complexity index is 2260. The molecule has 8 heterocycles. The molecule has 322 valence electrons. The third-order valence-corrected chi connectivity index (χ3v) is 14.8. The summed E-state index contributed by atoms with van der Waals surface area (Å²) in [5.74, 6) is -0.843. The van der Waals surface area contributed by atoms with E-state index in [0.717, 1.165) is 113 Å². The van der Waals surface area contributed by atoms with Crippen LogP contribution in [0.1, 0.15) is 99.5 Å². The Morgan fingerprint density at radius 2 is 1.05 bits per heavy atom. The van der Waals surface area contributed by atoms with Gasteiger partial charge in [-0.3, -0.25) is 9.59 Å². The first-order valence-electron chi connectivity index (χ1n) is 21.8. The predicted octanol–water partition coefficient (Wildman–Crippen LogP) is 4.31. The van der Waals surface area contributed by atoms with E-state index in [1.165, 1.54) is 23.3 Å². The number of hydrogen-bond donors (Lipinski definition) is 0. The van der Waals surface area contributed by atoms with E-state index in [2.05, 4.69) is 30.6 Å². The Balaban J connectivity index is 0.000000156. The van der Waals surface area contributed by atoms with Gasteiger partial charge in [0.15, 0.2) is 0 Å². The summed E-state index contributed by atoms with van der Waals surface area (Å²) in [7, 11) is 0. The van der Waals surface area contributed by atoms with E-state index in [0.29, 0.717) is 42.3 Å². The van der Waals surface area contributed by atoms with E-state index in [1.54, 1.807) is 9.80 Å². The topological polar surface area (TPSA) is 152 Å². The number of carbonyl (C=O) groups excluding carboxylic acids is 6. The highest BCUT2D eigenvalue weighted by Crippen LogP contribution is 2.47. The lowest BCUT2D eigenvalue weighted by molar-refractivity contribution is -0.139. The molecule has 0 N–H and O–H groups in total. The molecule has 2 spiro atoms. The van der Waals surface area contributed by atoms with Crippen LogP contribution in [0.2, 0.25) is 0 Å². The summed E-state index contributed by atoms with van der Waals surface area (Å²) < 4.78 is 20.3. The Hall–Kier alpha value is -5.34. The number of hydrogen-bond acceptors (Lipinski definition) is 12. The Morgan fingerprint density at radius 1 is 0.574 bits per heavy atom. The quantitative estimate of drug-likeness (QED) is 0.275. The summed E-state index contributed by atoms with van der Waals surface area (Å²) in [6.45, 7) is 13.5. The maximum Gasteiger partial charge on any atom is 0.338 e. The van der Waals surface area contributed by atoms with Crippen LogP contribution in [0, 0.1) is 24.7 Å². The van der Waals surface area contributed by atoms with E-state index in [-0.39, 0.29) is 65.8 Å². The largest absolute Gasteiger partial charge is 0.457 e. The molecule has 4 fully saturated rings. The van der Waals surface area contributed by atoms with E-state index < -0.39 is 0 Å². The highest BCUT2D eigenvalue weighted by Gasteiger charge is 2.53. The Labute approximate surface area is 355 Å². The smallest absolute Gasteiger partial charge is 0.338 e. The molecular weight excluding hydrogens is 781 g/mol. The zero-order valence-electron chi connectivity index (χ0n) is 35.3. The monoisotopic (exact) mass is 834 g/mol. The van der Waals surface area contributed by atoms with Crippen LogP contribution < -0.4 is 0 Å². The highest BCUT2D eigenvalue weighted by molar-refractivity contribution is 5.95. The van der Waals surface area contributed by atoms with Crippen LogP contribution in [-0.4, -0.2) is 120 Å². The van der Waals surface area contributed by atoms with Crippen molar-refractivity contribution in [2.45, 2.75) is 91.4 Å². The fraction of sp³-hybridized carbons (Fsp3) is 0.532. The number of carbonyl (C=O) groups is 6. The third-order valence-electron chi connectivity index (χ3n) is 14.8. The number of benzene rings is 2. The van der Waals surface area contributed by atoms with Crippen molar-refractivity contribution in [3.63, 3.8) is 0 Å². The van der Waals surface area contributed by atoms with Crippen LogP contribution in [0.3, 0.4) is 0 Å². The van der Waals surface area contributed by atoms with Crippen molar-refractivity contribution in [1.29, 1.82) is 0 Å². The number of piperidine rings is 2. The normalized spacial score (nSPS) is 24.1. The van der Waals surface area contributed by atoms with Crippen molar-refractivity contribution in [2.75, 3.05) is 59.0 Å². The fourth-order valence-corrected chi connectivity index (χ4v) is 10.9. The van der Waals surface area contributed by atoms with Gasteiger partial charge in [0, 0.05) is 49.0 Å². The molecular formula is C47H54N4O10. The second-order valence-corrected chi connectivity index (χ2v) is 18.1. The van der Waals surface area contributed by atoms with Gasteiger partial charge in [0.05, 0.1) is 33.4 Å². The predicted molar refractivity (Wildman–Crippen MR) is 220 cm³/mol. The van der Waals surface area contributed by atoms with Crippen LogP contribution in [0.5, 0.6) is 0 Å². The van der Waals surface area contributed by atoms with Crippen LogP contribution in [0.4, 0.5) is 0 Å². The first kappa shape index (κ1) is 41.0. The van der Waals surface area contributed by atoms with E-state index in [9.17, 15) is 28.8 Å². The van der Waals surface area contributed by atoms with E-state index in [4.69, 9.17) is 18.9 Å². The molecule has 10 rings (SSSR count). The first-order chi connectivity index (χ1) is 29.3. The molecule has 1 atom stereocenters. The van der Waals surface area contributed by atoms with Crippen molar-refractivity contribution in [1.82, 2.24) is 19.6 Å². The molecule has 0 bridgehead atoms. The maximum atomic E-state index is 13.3. The second kappa shape index (κ2) is 16.2. The SMILES string of the molecule is Cc1c(CCN2CCC3(CC2)CCN(C2=CC(=O)OC2)C3=O)ccc2c1COC2=O.Cc1c(CCN2CCC3(CC2)C[C@H](C)N(C2=CC(=O)OC2)C3=O)ccc2c1COC2=O. The average molecular weight is 835 g/mol.